The average molecular weight is 355 g/mol. The number of carbonyl (C=O) groups excluding carboxylic acids is 1. The van der Waals surface area contributed by atoms with Crippen molar-refractivity contribution in [2.75, 3.05) is 7.11 Å². The second-order valence-corrected chi connectivity index (χ2v) is 5.11. The van der Waals surface area contributed by atoms with Gasteiger partial charge < -0.3 is 13.9 Å². The Morgan fingerprint density at radius 1 is 1.19 bits per heavy atom. The molecule has 0 aliphatic rings. The van der Waals surface area contributed by atoms with E-state index < -0.39 is 10.9 Å². The molecular weight excluding hydrogens is 342 g/mol. The van der Waals surface area contributed by atoms with Gasteiger partial charge in [-0.3, -0.25) is 10.1 Å². The first-order valence-corrected chi connectivity index (χ1v) is 7.45. The average Bonchev–Trinajstić information content (AvgIpc) is 3.15. The third kappa shape index (κ3) is 3.83. The number of hydrogen-bond donors (Lipinski definition) is 0. The number of rotatable bonds is 6. The van der Waals surface area contributed by atoms with Gasteiger partial charge >= 0.3 is 5.97 Å². The van der Waals surface area contributed by atoms with Gasteiger partial charge in [-0.25, -0.2) is 4.79 Å². The summed E-state index contributed by atoms with van der Waals surface area (Å²) in [6, 6.07) is 12.2. The summed E-state index contributed by atoms with van der Waals surface area (Å²) in [6.07, 6.45) is 0. The Morgan fingerprint density at radius 3 is 2.65 bits per heavy atom. The lowest BCUT2D eigenvalue weighted by molar-refractivity contribution is -0.384. The van der Waals surface area contributed by atoms with Crippen molar-refractivity contribution in [3.63, 3.8) is 0 Å². The normalized spacial score (nSPS) is 10.3. The number of methoxy groups -OCH3 is 1. The molecule has 0 fully saturated rings. The fourth-order valence-electron chi connectivity index (χ4n) is 2.11. The van der Waals surface area contributed by atoms with Gasteiger partial charge in [-0.05, 0) is 30.3 Å². The lowest BCUT2D eigenvalue weighted by atomic mass is 10.2. The maximum Gasteiger partial charge on any atom is 0.338 e. The van der Waals surface area contributed by atoms with Crippen LogP contribution in [0, 0.1) is 10.1 Å². The lowest BCUT2D eigenvalue weighted by Gasteiger charge is -2.04. The molecule has 0 aliphatic heterocycles. The number of hydrogen-bond acceptors (Lipinski definition) is 8. The summed E-state index contributed by atoms with van der Waals surface area (Å²) < 4.78 is 15.6. The first kappa shape index (κ1) is 17.1. The van der Waals surface area contributed by atoms with Crippen LogP contribution in [-0.4, -0.2) is 28.2 Å². The van der Waals surface area contributed by atoms with Gasteiger partial charge in [-0.15, -0.1) is 10.2 Å². The number of nitro groups is 1. The molecule has 3 aromatic rings. The Hall–Kier alpha value is -3.75. The van der Waals surface area contributed by atoms with E-state index in [2.05, 4.69) is 10.2 Å². The standard InChI is InChI=1S/C17H13N3O6/c1-24-14-4-2-3-12(9-14)17(21)25-10-15-18-19-16(26-15)11-5-7-13(8-6-11)20(22)23/h2-9H,10H2,1H3. The van der Waals surface area contributed by atoms with Gasteiger partial charge in [0.15, 0.2) is 6.61 Å². The maximum absolute atomic E-state index is 12.0. The van der Waals surface area contributed by atoms with Crippen LogP contribution in [0.5, 0.6) is 5.75 Å². The first-order valence-electron chi connectivity index (χ1n) is 7.45. The number of carbonyl (C=O) groups is 1. The third-order valence-electron chi connectivity index (χ3n) is 3.42. The van der Waals surface area contributed by atoms with Crippen molar-refractivity contribution < 1.29 is 23.6 Å². The number of nitro benzene ring substituents is 1. The van der Waals surface area contributed by atoms with Gasteiger partial charge in [0.05, 0.1) is 17.6 Å². The van der Waals surface area contributed by atoms with E-state index in [9.17, 15) is 14.9 Å². The molecule has 9 heteroatoms. The molecule has 132 valence electrons. The van der Waals surface area contributed by atoms with Crippen LogP contribution in [0.1, 0.15) is 16.2 Å². The maximum atomic E-state index is 12.0. The van der Waals surface area contributed by atoms with Crippen molar-refractivity contribution >= 4 is 11.7 Å². The van der Waals surface area contributed by atoms with Crippen LogP contribution in [0.15, 0.2) is 52.9 Å². The van der Waals surface area contributed by atoms with Crippen LogP contribution >= 0.6 is 0 Å². The summed E-state index contributed by atoms with van der Waals surface area (Å²) in [6.45, 7) is -0.198. The van der Waals surface area contributed by atoms with Crippen LogP contribution in [-0.2, 0) is 11.3 Å². The summed E-state index contributed by atoms with van der Waals surface area (Å²) in [7, 11) is 1.50. The SMILES string of the molecule is COc1cccc(C(=O)OCc2nnc(-c3ccc([N+](=O)[O-])cc3)o2)c1. The monoisotopic (exact) mass is 355 g/mol. The van der Waals surface area contributed by atoms with Crippen LogP contribution in [0.4, 0.5) is 5.69 Å². The van der Waals surface area contributed by atoms with Crippen LogP contribution in [0.3, 0.4) is 0 Å². The molecule has 0 bridgehead atoms. The van der Waals surface area contributed by atoms with Crippen LogP contribution in [0.2, 0.25) is 0 Å². The molecule has 26 heavy (non-hydrogen) atoms. The highest BCUT2D eigenvalue weighted by atomic mass is 16.6. The highest BCUT2D eigenvalue weighted by Gasteiger charge is 2.14. The molecule has 1 aromatic heterocycles. The molecule has 2 aromatic carbocycles. The van der Waals surface area contributed by atoms with E-state index in [1.165, 1.54) is 31.4 Å². The molecule has 0 unspecified atom stereocenters. The van der Waals surface area contributed by atoms with Crippen molar-refractivity contribution in [3.05, 3.63) is 70.1 Å². The molecule has 0 aliphatic carbocycles. The molecule has 0 N–H and O–H groups in total. The van der Waals surface area contributed by atoms with Crippen molar-refractivity contribution in [3.8, 4) is 17.2 Å². The second-order valence-electron chi connectivity index (χ2n) is 5.11. The Bertz CT molecular complexity index is 936. The van der Waals surface area contributed by atoms with Gasteiger partial charge in [-0.1, -0.05) is 6.07 Å². The van der Waals surface area contributed by atoms with E-state index in [-0.39, 0.29) is 24.1 Å². The van der Waals surface area contributed by atoms with E-state index in [1.54, 1.807) is 24.3 Å². The van der Waals surface area contributed by atoms with Crippen molar-refractivity contribution in [1.82, 2.24) is 10.2 Å². The zero-order valence-electron chi connectivity index (χ0n) is 13.6. The quantitative estimate of drug-likeness (QED) is 0.376. The van der Waals surface area contributed by atoms with Crippen LogP contribution in [0.25, 0.3) is 11.5 Å². The highest BCUT2D eigenvalue weighted by Crippen LogP contribution is 2.21. The van der Waals surface area contributed by atoms with Crippen LogP contribution < -0.4 is 4.74 Å². The predicted molar refractivity (Wildman–Crippen MR) is 88.5 cm³/mol. The molecule has 0 atom stereocenters. The fraction of sp³-hybridized carbons (Fsp3) is 0.118. The summed E-state index contributed by atoms with van der Waals surface area (Å²) in [5, 5.41) is 18.3. The van der Waals surface area contributed by atoms with Gasteiger partial charge in [0, 0.05) is 17.7 Å². The van der Waals surface area contributed by atoms with Crippen molar-refractivity contribution in [1.29, 1.82) is 0 Å². The zero-order valence-corrected chi connectivity index (χ0v) is 13.6. The van der Waals surface area contributed by atoms with E-state index >= 15 is 0 Å². The largest absolute Gasteiger partial charge is 0.497 e. The smallest absolute Gasteiger partial charge is 0.338 e. The third-order valence-corrected chi connectivity index (χ3v) is 3.42. The molecule has 0 spiro atoms. The molecule has 0 saturated carbocycles. The summed E-state index contributed by atoms with van der Waals surface area (Å²) in [5.41, 5.74) is 0.814. The number of aromatic nitrogens is 2. The van der Waals surface area contributed by atoms with Gasteiger partial charge in [0.25, 0.3) is 11.6 Å². The number of benzene rings is 2. The molecule has 0 radical (unpaired) electrons. The van der Waals surface area contributed by atoms with Gasteiger partial charge in [-0.2, -0.15) is 0 Å². The summed E-state index contributed by atoms with van der Waals surface area (Å²) in [5.74, 6) is 0.263. The Labute approximate surface area is 147 Å². The summed E-state index contributed by atoms with van der Waals surface area (Å²) in [4.78, 5) is 22.2. The minimum Gasteiger partial charge on any atom is -0.497 e. The fourth-order valence-corrected chi connectivity index (χ4v) is 2.11. The molecule has 0 saturated heterocycles. The second kappa shape index (κ2) is 7.43. The molecule has 0 amide bonds. The molecule has 1 heterocycles. The molecule has 9 nitrogen and oxygen atoms in total. The topological polar surface area (TPSA) is 118 Å². The molecular formula is C17H13N3O6. The lowest BCUT2D eigenvalue weighted by Crippen LogP contribution is -2.05. The zero-order chi connectivity index (χ0) is 18.5. The van der Waals surface area contributed by atoms with E-state index in [0.29, 0.717) is 16.9 Å². The predicted octanol–water partition coefficient (Wildman–Crippen LogP) is 3.01. The van der Waals surface area contributed by atoms with E-state index in [1.807, 2.05) is 0 Å². The van der Waals surface area contributed by atoms with E-state index in [4.69, 9.17) is 13.9 Å². The summed E-state index contributed by atoms with van der Waals surface area (Å²) >= 11 is 0. The Kier molecular flexibility index (Phi) is 4.88. The number of nitrogens with zero attached hydrogens (tertiary/aromatic N) is 3. The first-order chi connectivity index (χ1) is 12.6. The van der Waals surface area contributed by atoms with E-state index in [0.717, 1.165) is 0 Å². The highest BCUT2D eigenvalue weighted by molar-refractivity contribution is 5.89. The van der Waals surface area contributed by atoms with Crippen molar-refractivity contribution in [2.45, 2.75) is 6.61 Å². The minimum atomic E-state index is -0.556. The number of ether oxygens (including phenoxy) is 2. The minimum absolute atomic E-state index is 0.0410. The van der Waals surface area contributed by atoms with Crippen molar-refractivity contribution in [2.24, 2.45) is 0 Å². The number of non-ortho nitro benzene ring substituents is 1. The Morgan fingerprint density at radius 2 is 1.96 bits per heavy atom. The van der Waals surface area contributed by atoms with Gasteiger partial charge in [0.2, 0.25) is 5.89 Å². The Balaban J connectivity index is 1.64. The molecule has 3 rings (SSSR count). The number of esters is 1. The van der Waals surface area contributed by atoms with Gasteiger partial charge in [0.1, 0.15) is 5.75 Å².